The van der Waals surface area contributed by atoms with Crippen molar-refractivity contribution in [3.05, 3.63) is 83.9 Å². The molecule has 7 nitrogen and oxygen atoms in total. The second kappa shape index (κ2) is 12.4. The summed E-state index contributed by atoms with van der Waals surface area (Å²) >= 11 is 5.80. The van der Waals surface area contributed by atoms with Crippen molar-refractivity contribution >= 4 is 28.8 Å². The zero-order chi connectivity index (χ0) is 25.3. The second-order valence-electron chi connectivity index (χ2n) is 8.49. The van der Waals surface area contributed by atoms with E-state index in [-0.39, 0.29) is 12.5 Å². The first-order valence-corrected chi connectivity index (χ1v) is 12.3. The minimum Gasteiger partial charge on any atom is -0.497 e. The Kier molecular flexibility index (Phi) is 8.76. The first-order valence-electron chi connectivity index (χ1n) is 11.9. The number of nitrogens with zero attached hydrogens (tertiary/aromatic N) is 2. The minimum absolute atomic E-state index is 0.152. The van der Waals surface area contributed by atoms with Crippen LogP contribution in [0.3, 0.4) is 0 Å². The molecule has 0 atom stereocenters. The first-order chi connectivity index (χ1) is 17.6. The van der Waals surface area contributed by atoms with Crippen LogP contribution in [0.2, 0.25) is 0 Å². The molecule has 0 unspecified atom stereocenters. The number of rotatable bonds is 9. The summed E-state index contributed by atoms with van der Waals surface area (Å²) < 4.78 is 16.4. The molecule has 8 heteroatoms. The van der Waals surface area contributed by atoms with Crippen molar-refractivity contribution in [2.24, 2.45) is 0 Å². The van der Waals surface area contributed by atoms with Gasteiger partial charge in [-0.1, -0.05) is 48.6 Å². The monoisotopic (exact) mass is 505 g/mol. The smallest absolute Gasteiger partial charge is 0.262 e. The van der Waals surface area contributed by atoms with Crippen LogP contribution in [-0.2, 0) is 11.3 Å². The van der Waals surface area contributed by atoms with Crippen LogP contribution in [0.4, 0.5) is 5.69 Å². The van der Waals surface area contributed by atoms with E-state index in [9.17, 15) is 4.79 Å². The van der Waals surface area contributed by atoms with Gasteiger partial charge in [0.2, 0.25) is 0 Å². The number of hydrogen-bond donors (Lipinski definition) is 1. The van der Waals surface area contributed by atoms with E-state index in [1.165, 1.54) is 5.56 Å². The third kappa shape index (κ3) is 6.74. The highest BCUT2D eigenvalue weighted by atomic mass is 32.1. The fraction of sp³-hybridized carbons (Fsp3) is 0.286. The summed E-state index contributed by atoms with van der Waals surface area (Å²) in [6, 6.07) is 23.3. The SMILES string of the molecule is COc1cccc(NC(=O)COc2ccc(C(=S)N3CCN(Cc4ccccc4)CC3)cc2OC)c1. The molecular formula is C28H31N3O4S. The number of carbonyl (C=O) groups excluding carboxylic acids is 1. The lowest BCUT2D eigenvalue weighted by molar-refractivity contribution is -0.118. The predicted molar refractivity (Wildman–Crippen MR) is 145 cm³/mol. The lowest BCUT2D eigenvalue weighted by atomic mass is 10.1. The van der Waals surface area contributed by atoms with Gasteiger partial charge in [-0.15, -0.1) is 0 Å². The summed E-state index contributed by atoms with van der Waals surface area (Å²) in [5.74, 6) is 1.40. The largest absolute Gasteiger partial charge is 0.497 e. The van der Waals surface area contributed by atoms with Gasteiger partial charge in [0.1, 0.15) is 10.7 Å². The Hall–Kier alpha value is -3.62. The highest BCUT2D eigenvalue weighted by molar-refractivity contribution is 7.80. The average molecular weight is 506 g/mol. The molecule has 3 aromatic carbocycles. The van der Waals surface area contributed by atoms with Gasteiger partial charge in [0.25, 0.3) is 5.91 Å². The van der Waals surface area contributed by atoms with Crippen molar-refractivity contribution in [2.75, 3.05) is 52.3 Å². The van der Waals surface area contributed by atoms with Crippen LogP contribution in [0.1, 0.15) is 11.1 Å². The van der Waals surface area contributed by atoms with Gasteiger partial charge in [0.05, 0.1) is 14.2 Å². The Morgan fingerprint density at radius 3 is 2.39 bits per heavy atom. The highest BCUT2D eigenvalue weighted by Crippen LogP contribution is 2.29. The number of thiocarbonyl (C=S) groups is 1. The molecule has 0 spiro atoms. The maximum absolute atomic E-state index is 12.4. The topological polar surface area (TPSA) is 63.3 Å². The van der Waals surface area contributed by atoms with E-state index in [1.807, 2.05) is 30.3 Å². The Bertz CT molecular complexity index is 1180. The molecule has 0 aliphatic carbocycles. The summed E-state index contributed by atoms with van der Waals surface area (Å²) in [6.45, 7) is 4.45. The molecule has 4 rings (SSSR count). The number of hydrogen-bond acceptors (Lipinski definition) is 6. The summed E-state index contributed by atoms with van der Waals surface area (Å²) in [7, 11) is 3.16. The second-order valence-corrected chi connectivity index (χ2v) is 8.88. The molecule has 188 valence electrons. The van der Waals surface area contributed by atoms with Gasteiger partial charge in [-0.05, 0) is 35.9 Å². The van der Waals surface area contributed by atoms with E-state index in [4.69, 9.17) is 26.4 Å². The predicted octanol–water partition coefficient (Wildman–Crippen LogP) is 4.21. The van der Waals surface area contributed by atoms with E-state index < -0.39 is 0 Å². The molecule has 1 N–H and O–H groups in total. The van der Waals surface area contributed by atoms with Crippen LogP contribution in [0, 0.1) is 0 Å². The van der Waals surface area contributed by atoms with Crippen molar-refractivity contribution in [2.45, 2.75) is 6.54 Å². The third-order valence-electron chi connectivity index (χ3n) is 6.03. The quantitative estimate of drug-likeness (QED) is 0.437. The van der Waals surface area contributed by atoms with Crippen LogP contribution in [0.15, 0.2) is 72.8 Å². The van der Waals surface area contributed by atoms with Gasteiger partial charge in [-0.3, -0.25) is 9.69 Å². The Morgan fingerprint density at radius 2 is 1.67 bits per heavy atom. The Balaban J connectivity index is 1.30. The average Bonchev–Trinajstić information content (AvgIpc) is 2.92. The molecular weight excluding hydrogens is 474 g/mol. The number of amides is 1. The molecule has 3 aromatic rings. The van der Waals surface area contributed by atoms with E-state index in [0.29, 0.717) is 22.9 Å². The highest BCUT2D eigenvalue weighted by Gasteiger charge is 2.21. The van der Waals surface area contributed by atoms with Gasteiger partial charge in [-0.2, -0.15) is 0 Å². The van der Waals surface area contributed by atoms with Crippen LogP contribution in [0.25, 0.3) is 0 Å². The number of methoxy groups -OCH3 is 2. The van der Waals surface area contributed by atoms with E-state index >= 15 is 0 Å². The first kappa shape index (κ1) is 25.5. The number of nitrogens with one attached hydrogen (secondary N) is 1. The Labute approximate surface area is 217 Å². The van der Waals surface area contributed by atoms with Crippen molar-refractivity contribution in [3.63, 3.8) is 0 Å². The molecule has 1 fully saturated rings. The molecule has 36 heavy (non-hydrogen) atoms. The molecule has 0 saturated carbocycles. The zero-order valence-corrected chi connectivity index (χ0v) is 21.4. The van der Waals surface area contributed by atoms with Crippen molar-refractivity contribution in [1.82, 2.24) is 9.80 Å². The molecule has 0 bridgehead atoms. The normalized spacial score (nSPS) is 13.7. The summed E-state index contributed by atoms with van der Waals surface area (Å²) in [6.07, 6.45) is 0. The number of piperazine rings is 1. The van der Waals surface area contributed by atoms with E-state index in [1.54, 1.807) is 32.4 Å². The molecule has 0 aromatic heterocycles. The van der Waals surface area contributed by atoms with Crippen LogP contribution >= 0.6 is 12.2 Å². The zero-order valence-electron chi connectivity index (χ0n) is 20.6. The lowest BCUT2D eigenvalue weighted by Gasteiger charge is -2.36. The van der Waals surface area contributed by atoms with Crippen LogP contribution in [0.5, 0.6) is 17.2 Å². The van der Waals surface area contributed by atoms with Crippen LogP contribution in [-0.4, -0.2) is 67.7 Å². The summed E-state index contributed by atoms with van der Waals surface area (Å²) in [5, 5.41) is 2.80. The lowest BCUT2D eigenvalue weighted by Crippen LogP contribution is -2.48. The van der Waals surface area contributed by atoms with Gasteiger partial charge in [0, 0.05) is 50.0 Å². The Morgan fingerprint density at radius 1 is 0.889 bits per heavy atom. The molecule has 1 amide bonds. The van der Waals surface area contributed by atoms with Crippen molar-refractivity contribution in [1.29, 1.82) is 0 Å². The van der Waals surface area contributed by atoms with E-state index in [2.05, 4.69) is 39.4 Å². The minimum atomic E-state index is -0.279. The molecule has 1 aliphatic rings. The number of carbonyl (C=O) groups is 1. The fourth-order valence-electron chi connectivity index (χ4n) is 4.09. The number of benzene rings is 3. The molecule has 1 heterocycles. The van der Waals surface area contributed by atoms with Crippen molar-refractivity contribution in [3.8, 4) is 17.2 Å². The van der Waals surface area contributed by atoms with Gasteiger partial charge in [0.15, 0.2) is 18.1 Å². The van der Waals surface area contributed by atoms with Crippen LogP contribution < -0.4 is 19.5 Å². The van der Waals surface area contributed by atoms with Gasteiger partial charge < -0.3 is 24.4 Å². The number of anilines is 1. The summed E-state index contributed by atoms with van der Waals surface area (Å²) in [5.41, 5.74) is 2.86. The maximum atomic E-state index is 12.4. The molecule has 1 aliphatic heterocycles. The third-order valence-corrected chi connectivity index (χ3v) is 6.53. The van der Waals surface area contributed by atoms with E-state index in [0.717, 1.165) is 43.3 Å². The van der Waals surface area contributed by atoms with Gasteiger partial charge in [-0.25, -0.2) is 0 Å². The number of ether oxygens (including phenoxy) is 3. The van der Waals surface area contributed by atoms with Crippen molar-refractivity contribution < 1.29 is 19.0 Å². The summed E-state index contributed by atoms with van der Waals surface area (Å²) in [4.78, 5) is 17.8. The fourth-order valence-corrected chi connectivity index (χ4v) is 4.40. The molecule has 0 radical (unpaired) electrons. The molecule has 1 saturated heterocycles. The maximum Gasteiger partial charge on any atom is 0.262 e. The standard InChI is InChI=1S/C28H31N3O4S/c1-33-24-10-6-9-23(18-24)29-27(32)20-35-25-12-11-22(17-26(25)34-2)28(36)31-15-13-30(14-16-31)19-21-7-4-3-5-8-21/h3-12,17-18H,13-16,19-20H2,1-2H3,(H,29,32). The van der Waals surface area contributed by atoms with Gasteiger partial charge >= 0.3 is 0 Å².